The molecule has 1 aliphatic rings. The van der Waals surface area contributed by atoms with Crippen molar-refractivity contribution in [2.75, 3.05) is 0 Å². The van der Waals surface area contributed by atoms with Gasteiger partial charge in [-0.25, -0.2) is 0 Å². The summed E-state index contributed by atoms with van der Waals surface area (Å²) in [6.45, 7) is 18.9. The number of hydrogen-bond donors (Lipinski definition) is 1. The molecule has 0 atom stereocenters. The number of fused-ring (bicyclic) bond motifs is 3. The summed E-state index contributed by atoms with van der Waals surface area (Å²) in [6, 6.07) is 33.8. The highest BCUT2D eigenvalue weighted by atomic mass is 16.3. The lowest BCUT2D eigenvalue weighted by atomic mass is 9.96. The molecular formula is C40H50O. The number of hydrogen-bond acceptors (Lipinski definition) is 1. The molecule has 1 N–H and O–H groups in total. The number of rotatable bonds is 2. The predicted octanol–water partition coefficient (Wildman–Crippen LogP) is 12.2. The third-order valence-corrected chi connectivity index (χ3v) is 6.87. The Morgan fingerprint density at radius 3 is 1.68 bits per heavy atom. The second-order valence-corrected chi connectivity index (χ2v) is 10.5. The summed E-state index contributed by atoms with van der Waals surface area (Å²) in [4.78, 5) is 0. The molecule has 0 bridgehead atoms. The number of aryl methyl sites for hydroxylation is 1. The van der Waals surface area contributed by atoms with Gasteiger partial charge in [0.2, 0.25) is 0 Å². The largest absolute Gasteiger partial charge is 0.508 e. The number of phenols is 1. The van der Waals surface area contributed by atoms with Crippen LogP contribution in [-0.4, -0.2) is 5.11 Å². The topological polar surface area (TPSA) is 20.2 Å². The van der Waals surface area contributed by atoms with Gasteiger partial charge in [0.05, 0.1) is 0 Å². The van der Waals surface area contributed by atoms with Crippen LogP contribution in [0.25, 0.3) is 27.6 Å². The summed E-state index contributed by atoms with van der Waals surface area (Å²) >= 11 is 0. The highest BCUT2D eigenvalue weighted by Crippen LogP contribution is 2.28. The molecule has 5 aromatic carbocycles. The van der Waals surface area contributed by atoms with Gasteiger partial charge in [-0.3, -0.25) is 0 Å². The van der Waals surface area contributed by atoms with Crippen molar-refractivity contribution in [3.8, 4) is 5.75 Å². The van der Waals surface area contributed by atoms with Gasteiger partial charge in [-0.1, -0.05) is 146 Å². The molecule has 0 saturated carbocycles. The molecule has 5 aromatic rings. The van der Waals surface area contributed by atoms with E-state index in [0.29, 0.717) is 17.6 Å². The first-order valence-corrected chi connectivity index (χ1v) is 15.3. The van der Waals surface area contributed by atoms with Crippen molar-refractivity contribution in [3.63, 3.8) is 0 Å². The van der Waals surface area contributed by atoms with Crippen LogP contribution in [0.5, 0.6) is 5.75 Å². The SMILES string of the molecule is CC.CC.CC(C)c1ccc2cc3c(cc2c1)CC=C3.CC(C)c1ccc2ccccc2c1.Cc1cccc(O)c1. The fourth-order valence-corrected chi connectivity index (χ4v) is 4.58. The molecule has 1 heteroatoms. The van der Waals surface area contributed by atoms with Crippen LogP contribution >= 0.6 is 0 Å². The lowest BCUT2D eigenvalue weighted by molar-refractivity contribution is 0.475. The Labute approximate surface area is 249 Å². The average molecular weight is 547 g/mol. The standard InChI is InChI=1S/C16H16.C13H14.C7H8O.2C2H6/c1-11(2)12-6-7-15-9-13-4-3-5-14(13)10-16(15)8-12;1-10(2)12-8-7-11-5-3-4-6-13(11)9-12;1-6-3-2-4-7(8)5-6;2*1-2/h3-4,6-11H,5H2,1-2H3;3-10H,1-2H3;2-5,8H,1H3;2*1-2H3. The van der Waals surface area contributed by atoms with Crippen LogP contribution in [0.4, 0.5) is 0 Å². The van der Waals surface area contributed by atoms with Gasteiger partial charge in [0.15, 0.2) is 0 Å². The van der Waals surface area contributed by atoms with E-state index in [0.717, 1.165) is 12.0 Å². The fraction of sp³-hybridized carbons (Fsp3) is 0.300. The third kappa shape index (κ3) is 9.94. The van der Waals surface area contributed by atoms with Crippen LogP contribution in [0.2, 0.25) is 0 Å². The van der Waals surface area contributed by atoms with Crippen LogP contribution in [0.1, 0.15) is 95.0 Å². The van der Waals surface area contributed by atoms with Crippen LogP contribution in [0.3, 0.4) is 0 Å². The molecule has 0 radical (unpaired) electrons. The summed E-state index contributed by atoms with van der Waals surface area (Å²) in [5, 5.41) is 14.2. The van der Waals surface area contributed by atoms with Crippen LogP contribution in [0.15, 0.2) is 103 Å². The van der Waals surface area contributed by atoms with Gasteiger partial charge < -0.3 is 5.11 Å². The first kappa shape index (κ1) is 33.4. The van der Waals surface area contributed by atoms with Gasteiger partial charge in [-0.2, -0.15) is 0 Å². The summed E-state index contributed by atoms with van der Waals surface area (Å²) < 4.78 is 0. The summed E-state index contributed by atoms with van der Waals surface area (Å²) in [7, 11) is 0. The Kier molecular flexibility index (Phi) is 13.9. The maximum absolute atomic E-state index is 8.81. The van der Waals surface area contributed by atoms with Gasteiger partial charge in [-0.05, 0) is 92.7 Å². The van der Waals surface area contributed by atoms with Crippen LogP contribution in [-0.2, 0) is 6.42 Å². The fourth-order valence-electron chi connectivity index (χ4n) is 4.58. The number of aromatic hydroxyl groups is 1. The van der Waals surface area contributed by atoms with Crippen molar-refractivity contribution in [1.82, 2.24) is 0 Å². The number of allylic oxidation sites excluding steroid dienone is 1. The monoisotopic (exact) mass is 546 g/mol. The van der Waals surface area contributed by atoms with Crippen LogP contribution in [0, 0.1) is 6.92 Å². The summed E-state index contributed by atoms with van der Waals surface area (Å²) in [6.07, 6.45) is 5.56. The van der Waals surface area contributed by atoms with E-state index in [1.807, 2.05) is 46.8 Å². The maximum Gasteiger partial charge on any atom is 0.115 e. The minimum Gasteiger partial charge on any atom is -0.508 e. The normalized spacial score (nSPS) is 10.9. The van der Waals surface area contributed by atoms with E-state index in [2.05, 4.69) is 113 Å². The van der Waals surface area contributed by atoms with Crippen molar-refractivity contribution >= 4 is 27.6 Å². The van der Waals surface area contributed by atoms with Gasteiger partial charge >= 0.3 is 0 Å². The Bertz CT molecular complexity index is 1500. The molecule has 0 heterocycles. The highest BCUT2D eigenvalue weighted by Gasteiger charge is 2.07. The molecule has 41 heavy (non-hydrogen) atoms. The van der Waals surface area contributed by atoms with E-state index in [-0.39, 0.29) is 0 Å². The Morgan fingerprint density at radius 2 is 1.12 bits per heavy atom. The average Bonchev–Trinajstić information content (AvgIpc) is 3.45. The van der Waals surface area contributed by atoms with Crippen molar-refractivity contribution in [2.45, 2.75) is 80.6 Å². The lowest BCUT2D eigenvalue weighted by Gasteiger charge is -2.08. The molecule has 6 rings (SSSR count). The minimum atomic E-state index is 0.338. The van der Waals surface area contributed by atoms with E-state index < -0.39 is 0 Å². The molecule has 0 unspecified atom stereocenters. The number of benzene rings is 5. The Hall–Kier alpha value is -3.84. The van der Waals surface area contributed by atoms with Crippen molar-refractivity contribution in [1.29, 1.82) is 0 Å². The highest BCUT2D eigenvalue weighted by molar-refractivity contribution is 5.87. The van der Waals surface area contributed by atoms with E-state index in [4.69, 9.17) is 5.11 Å². The van der Waals surface area contributed by atoms with Crippen molar-refractivity contribution < 1.29 is 5.11 Å². The molecule has 0 saturated heterocycles. The zero-order valence-corrected chi connectivity index (χ0v) is 26.7. The minimum absolute atomic E-state index is 0.338. The van der Waals surface area contributed by atoms with Gasteiger partial charge in [0.25, 0.3) is 0 Å². The second kappa shape index (κ2) is 17.1. The van der Waals surface area contributed by atoms with E-state index >= 15 is 0 Å². The smallest absolute Gasteiger partial charge is 0.115 e. The Balaban J connectivity index is 0.000000212. The summed E-state index contributed by atoms with van der Waals surface area (Å²) in [5.41, 5.74) is 6.79. The molecule has 1 aliphatic carbocycles. The van der Waals surface area contributed by atoms with Gasteiger partial charge in [0.1, 0.15) is 5.75 Å². The van der Waals surface area contributed by atoms with Gasteiger partial charge in [-0.15, -0.1) is 0 Å². The van der Waals surface area contributed by atoms with E-state index in [9.17, 15) is 0 Å². The molecule has 0 amide bonds. The second-order valence-electron chi connectivity index (χ2n) is 10.5. The zero-order valence-electron chi connectivity index (χ0n) is 26.7. The van der Waals surface area contributed by atoms with Crippen molar-refractivity contribution in [3.05, 3.63) is 131 Å². The van der Waals surface area contributed by atoms with Crippen molar-refractivity contribution in [2.24, 2.45) is 0 Å². The maximum atomic E-state index is 8.81. The number of phenolic OH excluding ortho intramolecular Hbond substituents is 1. The quantitative estimate of drug-likeness (QED) is 0.233. The molecule has 0 spiro atoms. The molecule has 0 aliphatic heterocycles. The first-order chi connectivity index (χ1) is 19.8. The molecule has 0 aromatic heterocycles. The third-order valence-electron chi connectivity index (χ3n) is 6.87. The Morgan fingerprint density at radius 1 is 0.561 bits per heavy atom. The molecule has 216 valence electrons. The lowest BCUT2D eigenvalue weighted by Crippen LogP contribution is -1.88. The van der Waals surface area contributed by atoms with Crippen LogP contribution < -0.4 is 0 Å². The molecular weight excluding hydrogens is 496 g/mol. The van der Waals surface area contributed by atoms with E-state index in [1.54, 1.807) is 12.1 Å². The predicted molar refractivity (Wildman–Crippen MR) is 184 cm³/mol. The van der Waals surface area contributed by atoms with Gasteiger partial charge in [0, 0.05) is 0 Å². The molecule has 0 fully saturated rings. The zero-order chi connectivity index (χ0) is 30.4. The summed E-state index contributed by atoms with van der Waals surface area (Å²) in [5.74, 6) is 1.56. The first-order valence-electron chi connectivity index (χ1n) is 15.3. The van der Waals surface area contributed by atoms with E-state index in [1.165, 1.54) is 43.8 Å². The molecule has 1 nitrogen and oxygen atoms in total.